The molecule has 0 radical (unpaired) electrons. The summed E-state index contributed by atoms with van der Waals surface area (Å²) in [4.78, 5) is 16.6. The second-order valence-corrected chi connectivity index (χ2v) is 9.58. The van der Waals surface area contributed by atoms with Crippen LogP contribution in [0.1, 0.15) is 54.2 Å². The van der Waals surface area contributed by atoms with E-state index in [1.807, 2.05) is 0 Å². The lowest BCUT2D eigenvalue weighted by Crippen LogP contribution is -2.43. The Bertz CT molecular complexity index is 1040. The third kappa shape index (κ3) is 4.90. The third-order valence-corrected chi connectivity index (χ3v) is 5.58. The molecule has 1 aliphatic heterocycles. The first-order valence-electron chi connectivity index (χ1n) is 9.63. The van der Waals surface area contributed by atoms with Crippen LogP contribution in [0.5, 0.6) is 0 Å². The predicted molar refractivity (Wildman–Crippen MR) is 117 cm³/mol. The molecular formula is C23H22Cl2F3NO2. The van der Waals surface area contributed by atoms with E-state index in [0.29, 0.717) is 22.4 Å². The monoisotopic (exact) mass is 471 g/mol. The van der Waals surface area contributed by atoms with Gasteiger partial charge in [0.05, 0.1) is 12.1 Å². The van der Waals surface area contributed by atoms with Crippen LogP contribution in [-0.4, -0.2) is 30.0 Å². The van der Waals surface area contributed by atoms with Crippen molar-refractivity contribution in [2.24, 2.45) is 4.99 Å². The van der Waals surface area contributed by atoms with Gasteiger partial charge in [0, 0.05) is 22.2 Å². The highest BCUT2D eigenvalue weighted by atomic mass is 35.5. The highest BCUT2D eigenvalue weighted by Crippen LogP contribution is 2.48. The number of nitrogens with zero attached hydrogens (tertiary/aromatic N) is 1. The summed E-state index contributed by atoms with van der Waals surface area (Å²) < 4.78 is 48.1. The number of halogens is 5. The summed E-state index contributed by atoms with van der Waals surface area (Å²) >= 11 is 11.9. The SMILES string of the molecule is Cc1cc(C2=NC[C@@](c3cc(Cl)cc(Cl)c3)(C(F)(F)F)C2)ccc1C(=O)OC(C)(C)C. The molecule has 0 unspecified atom stereocenters. The maximum atomic E-state index is 14.2. The molecule has 0 saturated heterocycles. The molecule has 0 amide bonds. The Balaban J connectivity index is 1.94. The molecule has 0 aliphatic carbocycles. The normalized spacial score (nSPS) is 19.3. The molecule has 2 aromatic rings. The number of aliphatic imine (C=N–C) groups is 1. The summed E-state index contributed by atoms with van der Waals surface area (Å²) in [6.45, 7) is 6.55. The van der Waals surface area contributed by atoms with Crippen molar-refractivity contribution in [2.75, 3.05) is 6.54 Å². The van der Waals surface area contributed by atoms with E-state index < -0.39 is 29.7 Å². The average Bonchev–Trinajstić information content (AvgIpc) is 3.06. The maximum absolute atomic E-state index is 14.2. The Morgan fingerprint density at radius 2 is 1.68 bits per heavy atom. The summed E-state index contributed by atoms with van der Waals surface area (Å²) in [5.41, 5.74) is -1.07. The first kappa shape index (κ1) is 23.6. The second kappa shape index (κ2) is 8.14. The Kier molecular flexibility index (Phi) is 6.20. The summed E-state index contributed by atoms with van der Waals surface area (Å²) in [5.74, 6) is -0.483. The molecule has 1 heterocycles. The zero-order valence-corrected chi connectivity index (χ0v) is 19.0. The van der Waals surface area contributed by atoms with Crippen molar-refractivity contribution in [3.8, 4) is 0 Å². The first-order chi connectivity index (χ1) is 14.2. The van der Waals surface area contributed by atoms with Crippen molar-refractivity contribution >= 4 is 34.9 Å². The standard InChI is InChI=1S/C23H22Cl2F3NO2/c1-13-7-14(5-6-18(13)20(30)31-21(2,3)4)19-11-22(12-29-19,23(26,27)28)15-8-16(24)10-17(25)9-15/h5-10H,11-12H2,1-4H3/t22-/m0/s1. The van der Waals surface area contributed by atoms with Gasteiger partial charge in [0.25, 0.3) is 0 Å². The van der Waals surface area contributed by atoms with Crippen LogP contribution in [-0.2, 0) is 10.2 Å². The van der Waals surface area contributed by atoms with Gasteiger partial charge >= 0.3 is 12.1 Å². The van der Waals surface area contributed by atoms with Crippen LogP contribution < -0.4 is 0 Å². The van der Waals surface area contributed by atoms with E-state index in [1.165, 1.54) is 18.2 Å². The molecule has 0 N–H and O–H groups in total. The van der Waals surface area contributed by atoms with Crippen LogP contribution in [0, 0.1) is 6.92 Å². The van der Waals surface area contributed by atoms with Gasteiger partial charge in [-0.15, -0.1) is 0 Å². The maximum Gasteiger partial charge on any atom is 0.400 e. The zero-order valence-electron chi connectivity index (χ0n) is 17.5. The van der Waals surface area contributed by atoms with Gasteiger partial charge in [-0.3, -0.25) is 4.99 Å². The number of carbonyl (C=O) groups is 1. The van der Waals surface area contributed by atoms with Crippen LogP contribution in [0.2, 0.25) is 10.0 Å². The minimum atomic E-state index is -4.56. The molecule has 8 heteroatoms. The molecule has 31 heavy (non-hydrogen) atoms. The van der Waals surface area contributed by atoms with E-state index in [4.69, 9.17) is 27.9 Å². The fraction of sp³-hybridized carbons (Fsp3) is 0.391. The Morgan fingerprint density at radius 1 is 1.06 bits per heavy atom. The van der Waals surface area contributed by atoms with Crippen LogP contribution in [0.15, 0.2) is 41.4 Å². The van der Waals surface area contributed by atoms with Crippen LogP contribution in [0.4, 0.5) is 13.2 Å². The van der Waals surface area contributed by atoms with E-state index in [0.717, 1.165) is 0 Å². The van der Waals surface area contributed by atoms with Crippen molar-refractivity contribution in [3.63, 3.8) is 0 Å². The summed E-state index contributed by atoms with van der Waals surface area (Å²) in [6, 6.07) is 8.79. The Morgan fingerprint density at radius 3 is 2.19 bits per heavy atom. The molecule has 0 aromatic heterocycles. The molecule has 0 saturated carbocycles. The molecule has 3 rings (SSSR count). The van der Waals surface area contributed by atoms with Gasteiger partial charge in [0.2, 0.25) is 0 Å². The molecule has 1 atom stereocenters. The van der Waals surface area contributed by atoms with Gasteiger partial charge in [-0.2, -0.15) is 13.2 Å². The third-order valence-electron chi connectivity index (χ3n) is 5.15. The fourth-order valence-electron chi connectivity index (χ4n) is 3.60. The lowest BCUT2D eigenvalue weighted by atomic mass is 9.76. The summed E-state index contributed by atoms with van der Waals surface area (Å²) in [5, 5.41) is 0.272. The van der Waals surface area contributed by atoms with Gasteiger partial charge < -0.3 is 4.74 Å². The van der Waals surface area contributed by atoms with E-state index in [-0.39, 0.29) is 22.0 Å². The van der Waals surface area contributed by atoms with Gasteiger partial charge in [0.15, 0.2) is 0 Å². The van der Waals surface area contributed by atoms with Crippen molar-refractivity contribution in [1.29, 1.82) is 0 Å². The van der Waals surface area contributed by atoms with Gasteiger partial charge in [-0.1, -0.05) is 29.3 Å². The van der Waals surface area contributed by atoms with Gasteiger partial charge in [0.1, 0.15) is 11.0 Å². The highest BCUT2D eigenvalue weighted by Gasteiger charge is 2.58. The molecule has 0 fully saturated rings. The zero-order chi connectivity index (χ0) is 23.2. The number of carbonyl (C=O) groups excluding carboxylic acids is 1. The molecule has 3 nitrogen and oxygen atoms in total. The van der Waals surface area contributed by atoms with Crippen molar-refractivity contribution in [1.82, 2.24) is 0 Å². The number of alkyl halides is 3. The molecule has 0 spiro atoms. The number of benzene rings is 2. The van der Waals surface area contributed by atoms with E-state index in [1.54, 1.807) is 45.9 Å². The van der Waals surface area contributed by atoms with Gasteiger partial charge in [-0.25, -0.2) is 4.79 Å². The lowest BCUT2D eigenvalue weighted by molar-refractivity contribution is -0.183. The van der Waals surface area contributed by atoms with Crippen molar-refractivity contribution in [2.45, 2.75) is 51.3 Å². The number of rotatable bonds is 3. The van der Waals surface area contributed by atoms with Gasteiger partial charge in [-0.05, 0) is 74.7 Å². The number of ether oxygens (including phenoxy) is 1. The number of aryl methyl sites for hydroxylation is 1. The molecule has 2 aromatic carbocycles. The highest BCUT2D eigenvalue weighted by molar-refractivity contribution is 6.34. The predicted octanol–water partition coefficient (Wildman–Crippen LogP) is 6.95. The van der Waals surface area contributed by atoms with E-state index in [9.17, 15) is 18.0 Å². The minimum absolute atomic E-state index is 0.0154. The lowest BCUT2D eigenvalue weighted by Gasteiger charge is -2.31. The Labute approximate surface area is 189 Å². The number of hydrogen-bond acceptors (Lipinski definition) is 3. The first-order valence-corrected chi connectivity index (χ1v) is 10.4. The fourth-order valence-corrected chi connectivity index (χ4v) is 4.13. The van der Waals surface area contributed by atoms with E-state index >= 15 is 0 Å². The average molecular weight is 472 g/mol. The minimum Gasteiger partial charge on any atom is -0.456 e. The smallest absolute Gasteiger partial charge is 0.400 e. The molecule has 0 bridgehead atoms. The van der Waals surface area contributed by atoms with Crippen LogP contribution >= 0.6 is 23.2 Å². The van der Waals surface area contributed by atoms with Crippen LogP contribution in [0.3, 0.4) is 0 Å². The Hall–Kier alpha value is -2.05. The van der Waals surface area contributed by atoms with Crippen molar-refractivity contribution < 1.29 is 22.7 Å². The second-order valence-electron chi connectivity index (χ2n) is 8.71. The van der Waals surface area contributed by atoms with E-state index in [2.05, 4.69) is 4.99 Å². The van der Waals surface area contributed by atoms with Crippen molar-refractivity contribution in [3.05, 3.63) is 68.7 Å². The van der Waals surface area contributed by atoms with Crippen LogP contribution in [0.25, 0.3) is 0 Å². The number of hydrogen-bond donors (Lipinski definition) is 0. The molecule has 166 valence electrons. The topological polar surface area (TPSA) is 38.7 Å². The summed E-state index contributed by atoms with van der Waals surface area (Å²) in [7, 11) is 0. The molecular weight excluding hydrogens is 450 g/mol. The largest absolute Gasteiger partial charge is 0.456 e. The summed E-state index contributed by atoms with van der Waals surface area (Å²) in [6.07, 6.45) is -4.91. The number of esters is 1. The quantitative estimate of drug-likeness (QED) is 0.454. The molecule has 1 aliphatic rings.